The largest absolute Gasteiger partial charge is 0.455 e. The molecule has 0 amide bonds. The lowest BCUT2D eigenvalue weighted by molar-refractivity contribution is -0.318. The minimum atomic E-state index is -1.86. The van der Waals surface area contributed by atoms with Crippen LogP contribution in [0.2, 0.25) is 0 Å². The van der Waals surface area contributed by atoms with Gasteiger partial charge in [0.15, 0.2) is 0 Å². The van der Waals surface area contributed by atoms with Crippen LogP contribution in [-0.4, -0.2) is 134 Å². The van der Waals surface area contributed by atoms with Gasteiger partial charge in [-0.1, -0.05) is 18.2 Å². The van der Waals surface area contributed by atoms with Crippen molar-refractivity contribution in [3.8, 4) is 0 Å². The zero-order chi connectivity index (χ0) is 30.0. The van der Waals surface area contributed by atoms with Crippen molar-refractivity contribution in [3.63, 3.8) is 0 Å². The summed E-state index contributed by atoms with van der Waals surface area (Å²) in [6, 6.07) is 8.22. The van der Waals surface area contributed by atoms with Crippen molar-refractivity contribution in [3.05, 3.63) is 35.9 Å². The average Bonchev–Trinajstić information content (AvgIpc) is 3.37. The minimum Gasteiger partial charge on any atom is -0.455 e. The number of esters is 1. The SMILES string of the molecule is COC[C@]12CN(C)[C@@H]3[C@@H]4[C@H](OC)[C@H]1[C@@]3(C(OC)C[C@H]2O)[C@@H]1C[C@]2(O)[C@H](OC(=O)c3ccccc3)[C@@H]1[C@]4(O)[C@@H](O)[C@@H]2OC. The molecule has 7 rings (SSSR count). The number of hydrogen-bond acceptors (Lipinski definition) is 11. The van der Waals surface area contributed by atoms with Gasteiger partial charge in [0.1, 0.15) is 29.5 Å². The Labute approximate surface area is 245 Å². The van der Waals surface area contributed by atoms with Gasteiger partial charge < -0.3 is 49.0 Å². The number of carbonyl (C=O) groups excluding carboxylic acids is 1. The van der Waals surface area contributed by atoms with Gasteiger partial charge >= 0.3 is 5.97 Å². The topological polar surface area (TPSA) is 147 Å². The van der Waals surface area contributed by atoms with Gasteiger partial charge in [0.2, 0.25) is 0 Å². The second-order valence-corrected chi connectivity index (χ2v) is 13.7. The molecule has 232 valence electrons. The molecule has 1 spiro atoms. The summed E-state index contributed by atoms with van der Waals surface area (Å²) in [6.07, 6.45) is -5.28. The molecule has 1 aliphatic heterocycles. The fourth-order valence-electron chi connectivity index (χ4n) is 11.8. The minimum absolute atomic E-state index is 0.102. The van der Waals surface area contributed by atoms with Crippen LogP contribution in [0.4, 0.5) is 0 Å². The lowest BCUT2D eigenvalue weighted by atomic mass is 9.42. The fraction of sp³-hybridized carbons (Fsp3) is 0.774. The molecule has 5 saturated carbocycles. The number of likely N-dealkylation sites (tertiary alicyclic amines) is 1. The normalized spacial score (nSPS) is 53.7. The van der Waals surface area contributed by atoms with E-state index in [1.54, 1.807) is 51.7 Å². The van der Waals surface area contributed by atoms with E-state index in [0.29, 0.717) is 18.5 Å². The first-order valence-corrected chi connectivity index (χ1v) is 14.9. The van der Waals surface area contributed by atoms with E-state index in [1.807, 2.05) is 7.05 Å². The highest BCUT2D eigenvalue weighted by atomic mass is 16.6. The highest BCUT2D eigenvalue weighted by Gasteiger charge is 2.91. The van der Waals surface area contributed by atoms with E-state index in [-0.39, 0.29) is 25.0 Å². The van der Waals surface area contributed by atoms with Crippen molar-refractivity contribution in [2.24, 2.45) is 34.5 Å². The molecule has 7 bridgehead atoms. The van der Waals surface area contributed by atoms with Gasteiger partial charge in [0.05, 0.1) is 30.5 Å². The molecular weight excluding hydrogens is 546 g/mol. The van der Waals surface area contributed by atoms with E-state index in [2.05, 4.69) is 4.90 Å². The summed E-state index contributed by atoms with van der Waals surface area (Å²) < 4.78 is 30.3. The molecule has 1 aromatic rings. The maximum absolute atomic E-state index is 13.5. The van der Waals surface area contributed by atoms with E-state index < -0.39 is 82.4 Å². The molecule has 6 fully saturated rings. The van der Waals surface area contributed by atoms with Crippen LogP contribution < -0.4 is 0 Å². The van der Waals surface area contributed by atoms with Crippen LogP contribution in [0.1, 0.15) is 23.2 Å². The number of fused-ring (bicyclic) bond motifs is 2. The van der Waals surface area contributed by atoms with Crippen LogP contribution in [0.15, 0.2) is 30.3 Å². The van der Waals surface area contributed by atoms with Crippen molar-refractivity contribution < 1.29 is 48.9 Å². The van der Waals surface area contributed by atoms with Gasteiger partial charge in [0, 0.05) is 76.0 Å². The second-order valence-electron chi connectivity index (χ2n) is 13.7. The molecule has 1 aromatic carbocycles. The van der Waals surface area contributed by atoms with Crippen molar-refractivity contribution >= 4 is 5.97 Å². The van der Waals surface area contributed by atoms with Gasteiger partial charge in [-0.05, 0) is 31.5 Å². The first-order valence-electron chi connectivity index (χ1n) is 14.9. The summed E-state index contributed by atoms with van der Waals surface area (Å²) >= 11 is 0. The molecule has 11 nitrogen and oxygen atoms in total. The monoisotopic (exact) mass is 589 g/mol. The molecule has 42 heavy (non-hydrogen) atoms. The molecule has 1 unspecified atom stereocenters. The zero-order valence-corrected chi connectivity index (χ0v) is 24.8. The number of rotatable bonds is 7. The number of ether oxygens (including phenoxy) is 5. The third-order valence-corrected chi connectivity index (χ3v) is 12.6. The molecule has 5 aliphatic carbocycles. The molecule has 15 atom stereocenters. The number of carbonyl (C=O) groups is 1. The quantitative estimate of drug-likeness (QED) is 0.311. The van der Waals surface area contributed by atoms with Crippen LogP contribution in [0.5, 0.6) is 0 Å². The summed E-state index contributed by atoms with van der Waals surface area (Å²) in [5.74, 6) is -2.96. The molecule has 0 radical (unpaired) electrons. The lowest BCUT2D eigenvalue weighted by Gasteiger charge is -2.69. The van der Waals surface area contributed by atoms with Crippen LogP contribution >= 0.6 is 0 Å². The number of hydrogen-bond donors (Lipinski definition) is 4. The summed E-state index contributed by atoms with van der Waals surface area (Å²) in [5, 5.41) is 49.4. The van der Waals surface area contributed by atoms with Gasteiger partial charge in [-0.15, -0.1) is 0 Å². The van der Waals surface area contributed by atoms with Crippen LogP contribution in [0, 0.1) is 34.5 Å². The highest BCUT2D eigenvalue weighted by Crippen LogP contribution is 2.80. The van der Waals surface area contributed by atoms with Gasteiger partial charge in [-0.3, -0.25) is 0 Å². The predicted molar refractivity (Wildman–Crippen MR) is 146 cm³/mol. The van der Waals surface area contributed by atoms with Crippen molar-refractivity contribution in [2.75, 3.05) is 48.6 Å². The Morgan fingerprint density at radius 1 is 1.00 bits per heavy atom. The Morgan fingerprint density at radius 2 is 1.71 bits per heavy atom. The van der Waals surface area contributed by atoms with Crippen LogP contribution in [0.25, 0.3) is 0 Å². The number of nitrogens with zero attached hydrogens (tertiary/aromatic N) is 1. The molecule has 1 heterocycles. The Bertz CT molecular complexity index is 1240. The highest BCUT2D eigenvalue weighted by molar-refractivity contribution is 5.89. The van der Waals surface area contributed by atoms with E-state index in [0.717, 1.165) is 0 Å². The van der Waals surface area contributed by atoms with Crippen molar-refractivity contribution in [1.29, 1.82) is 0 Å². The summed E-state index contributed by atoms with van der Waals surface area (Å²) in [7, 11) is 8.22. The van der Waals surface area contributed by atoms with Crippen LogP contribution in [0.3, 0.4) is 0 Å². The Balaban J connectivity index is 1.47. The molecule has 6 aliphatic rings. The third kappa shape index (κ3) is 3.05. The van der Waals surface area contributed by atoms with Gasteiger partial charge in [-0.25, -0.2) is 4.79 Å². The van der Waals surface area contributed by atoms with Crippen molar-refractivity contribution in [2.45, 2.75) is 66.7 Å². The Hall–Kier alpha value is -1.67. The molecule has 11 heteroatoms. The Morgan fingerprint density at radius 3 is 2.33 bits per heavy atom. The maximum atomic E-state index is 13.5. The molecule has 0 aromatic heterocycles. The fourth-order valence-corrected chi connectivity index (χ4v) is 11.8. The maximum Gasteiger partial charge on any atom is 0.338 e. The summed E-state index contributed by atoms with van der Waals surface area (Å²) in [5.41, 5.74) is -4.81. The molecule has 1 saturated heterocycles. The second kappa shape index (κ2) is 9.42. The predicted octanol–water partition coefficient (Wildman–Crippen LogP) is -0.313. The van der Waals surface area contributed by atoms with Crippen LogP contribution in [-0.2, 0) is 23.7 Å². The van der Waals surface area contributed by atoms with Gasteiger partial charge in [-0.2, -0.15) is 0 Å². The third-order valence-electron chi connectivity index (χ3n) is 12.6. The number of methoxy groups -OCH3 is 4. The first-order chi connectivity index (χ1) is 20.0. The molecular formula is C31H43NO10. The number of aliphatic hydroxyl groups is 4. The number of benzene rings is 1. The standard InChI is InChI=1S/C31H43NO10/c1-32-13-28(14-38-2)17(33)11-18(39-3)30-16-12-29(36)25(42-27(35)15-9-7-6-8-10-15)19(16)31(37,24(34)26(29)41-5)20(23(30)32)21(40-4)22(28)30/h6-10,16-26,33-34,36-37H,11-14H2,1-5H3/t16-,17-,18?,19-,20+,21+,22-,23-,24+,25-,26+,28+,29+,30+,31-/m1/s1. The van der Waals surface area contributed by atoms with E-state index in [1.165, 1.54) is 7.11 Å². The van der Waals surface area contributed by atoms with E-state index >= 15 is 0 Å². The number of piperidine rings is 1. The molecule has 4 N–H and O–H groups in total. The average molecular weight is 590 g/mol. The Kier molecular flexibility index (Phi) is 6.52. The number of aliphatic hydroxyl groups excluding tert-OH is 2. The summed E-state index contributed by atoms with van der Waals surface area (Å²) in [4.78, 5) is 15.7. The first kappa shape index (κ1) is 29.1. The lowest BCUT2D eigenvalue weighted by Crippen LogP contribution is -2.80. The smallest absolute Gasteiger partial charge is 0.338 e. The summed E-state index contributed by atoms with van der Waals surface area (Å²) in [6.45, 7) is 0.760. The van der Waals surface area contributed by atoms with E-state index in [4.69, 9.17) is 23.7 Å². The van der Waals surface area contributed by atoms with Gasteiger partial charge in [0.25, 0.3) is 0 Å². The van der Waals surface area contributed by atoms with Crippen molar-refractivity contribution in [1.82, 2.24) is 4.90 Å². The van der Waals surface area contributed by atoms with E-state index in [9.17, 15) is 25.2 Å². The zero-order valence-electron chi connectivity index (χ0n) is 24.8.